The van der Waals surface area contributed by atoms with Gasteiger partial charge in [0.15, 0.2) is 0 Å². The van der Waals surface area contributed by atoms with Gasteiger partial charge in [-0.25, -0.2) is 9.97 Å². The van der Waals surface area contributed by atoms with Crippen LogP contribution in [0.4, 0.5) is 0 Å². The van der Waals surface area contributed by atoms with Crippen molar-refractivity contribution in [3.8, 4) is 28.1 Å². The summed E-state index contributed by atoms with van der Waals surface area (Å²) in [4.78, 5) is 16.6. The molecule has 0 saturated heterocycles. The highest BCUT2D eigenvalue weighted by atomic mass is 16.5. The number of hydrogen-bond acceptors (Lipinski definition) is 5. The minimum Gasteiger partial charge on any atom is -0.486 e. The second-order valence-corrected chi connectivity index (χ2v) is 9.44. The molecule has 1 aliphatic heterocycles. The van der Waals surface area contributed by atoms with Crippen molar-refractivity contribution >= 4 is 32.6 Å². The van der Waals surface area contributed by atoms with Gasteiger partial charge in [-0.05, 0) is 34.7 Å². The van der Waals surface area contributed by atoms with E-state index in [4.69, 9.17) is 14.7 Å². The molecule has 0 fully saturated rings. The molecule has 3 aromatic heterocycles. The number of nitrogens with one attached hydrogen (secondary N) is 2. The predicted octanol–water partition coefficient (Wildman–Crippen LogP) is 6.29. The van der Waals surface area contributed by atoms with E-state index in [0.717, 1.165) is 84.5 Å². The van der Waals surface area contributed by atoms with Gasteiger partial charge in [0, 0.05) is 34.1 Å². The van der Waals surface area contributed by atoms with E-state index in [1.807, 2.05) is 12.4 Å². The molecule has 7 nitrogen and oxygen atoms in total. The molecule has 35 heavy (non-hydrogen) atoms. The first-order valence-corrected chi connectivity index (χ1v) is 12.0. The van der Waals surface area contributed by atoms with Gasteiger partial charge in [0.05, 0.1) is 29.1 Å². The Morgan fingerprint density at radius 2 is 1.69 bits per heavy atom. The molecule has 7 rings (SSSR count). The molecule has 0 atom stereocenters. The number of imidazole rings is 2. The van der Waals surface area contributed by atoms with Crippen molar-refractivity contribution in [3.05, 3.63) is 66.1 Å². The lowest BCUT2D eigenvalue weighted by molar-refractivity contribution is 0.298. The number of ether oxygens (including phenoxy) is 1. The number of aromatic amines is 2. The fourth-order valence-corrected chi connectivity index (χ4v) is 5.07. The molecular weight excluding hydrogens is 436 g/mol. The van der Waals surface area contributed by atoms with Crippen molar-refractivity contribution in [2.45, 2.75) is 39.7 Å². The van der Waals surface area contributed by atoms with E-state index in [0.29, 0.717) is 12.5 Å². The third-order valence-electron chi connectivity index (χ3n) is 6.95. The summed E-state index contributed by atoms with van der Waals surface area (Å²) in [6, 6.07) is 13.0. The van der Waals surface area contributed by atoms with E-state index in [9.17, 15) is 0 Å². The van der Waals surface area contributed by atoms with Crippen LogP contribution in [0.15, 0.2) is 48.8 Å². The number of benzene rings is 3. The Hall–Kier alpha value is -4.26. The van der Waals surface area contributed by atoms with Crippen LogP contribution in [0.5, 0.6) is 5.75 Å². The highest BCUT2D eigenvalue weighted by molar-refractivity contribution is 6.23. The van der Waals surface area contributed by atoms with Gasteiger partial charge in [0.1, 0.15) is 29.7 Å². The maximum Gasteiger partial charge on any atom is 0.132 e. The zero-order valence-corrected chi connectivity index (χ0v) is 19.8. The third kappa shape index (κ3) is 2.97. The van der Waals surface area contributed by atoms with E-state index in [2.05, 4.69) is 77.3 Å². The molecule has 2 N–H and O–H groups in total. The topological polar surface area (TPSA) is 92.4 Å². The summed E-state index contributed by atoms with van der Waals surface area (Å²) < 4.78 is 6.12. The Balaban J connectivity index is 1.40. The zero-order valence-electron chi connectivity index (χ0n) is 19.8. The summed E-state index contributed by atoms with van der Waals surface area (Å²) in [5.74, 6) is 3.19. The summed E-state index contributed by atoms with van der Waals surface area (Å²) >= 11 is 0. The van der Waals surface area contributed by atoms with Gasteiger partial charge in [-0.1, -0.05) is 39.0 Å². The van der Waals surface area contributed by atoms with Crippen LogP contribution in [0.2, 0.25) is 0 Å². The number of hydrogen-bond donors (Lipinski definition) is 2. The fourth-order valence-electron chi connectivity index (χ4n) is 5.07. The second-order valence-electron chi connectivity index (χ2n) is 9.44. The van der Waals surface area contributed by atoms with Crippen LogP contribution in [-0.4, -0.2) is 30.1 Å². The van der Waals surface area contributed by atoms with Crippen LogP contribution in [0, 0.1) is 0 Å². The molecule has 0 aliphatic carbocycles. The Bertz CT molecular complexity index is 1780. The number of H-pyrrole nitrogens is 2. The highest BCUT2D eigenvalue weighted by Gasteiger charge is 2.23. The molecule has 0 spiro atoms. The average Bonchev–Trinajstić information content (AvgIpc) is 3.53. The standard InChI is InChI=1S/C28H24N6O/c1-4-24-32-26-17-7-5-15(9-19(17)20-11-29-30-12-21(20)27(26)33-24)16-6-8-18-23(10-16)35-13-22-25(18)34-28(31-22)14(2)3/h5-12,14H,4,13H2,1-3H3,(H,31,34)(H,32,33). The fraction of sp³-hybridized carbons (Fsp3) is 0.214. The maximum absolute atomic E-state index is 6.12. The first-order chi connectivity index (χ1) is 17.1. The molecule has 172 valence electrons. The average molecular weight is 461 g/mol. The smallest absolute Gasteiger partial charge is 0.132 e. The van der Waals surface area contributed by atoms with Crippen molar-refractivity contribution in [1.82, 2.24) is 30.1 Å². The van der Waals surface area contributed by atoms with Crippen molar-refractivity contribution in [3.63, 3.8) is 0 Å². The van der Waals surface area contributed by atoms with Gasteiger partial charge in [-0.3, -0.25) is 0 Å². The molecule has 1 aliphatic rings. The zero-order chi connectivity index (χ0) is 23.7. The summed E-state index contributed by atoms with van der Waals surface area (Å²) in [5, 5.41) is 12.6. The minimum atomic E-state index is 0.343. The van der Waals surface area contributed by atoms with Gasteiger partial charge >= 0.3 is 0 Å². The first-order valence-electron chi connectivity index (χ1n) is 12.0. The van der Waals surface area contributed by atoms with Crippen LogP contribution in [-0.2, 0) is 13.0 Å². The molecular formula is C28H24N6O. The Kier molecular flexibility index (Phi) is 4.24. The Morgan fingerprint density at radius 3 is 2.51 bits per heavy atom. The van der Waals surface area contributed by atoms with Gasteiger partial charge in [-0.2, -0.15) is 10.2 Å². The van der Waals surface area contributed by atoms with Crippen molar-refractivity contribution in [2.24, 2.45) is 0 Å². The largest absolute Gasteiger partial charge is 0.486 e. The third-order valence-corrected chi connectivity index (χ3v) is 6.95. The number of fused-ring (bicyclic) bond motifs is 9. The summed E-state index contributed by atoms with van der Waals surface area (Å²) in [6.45, 7) is 6.87. The summed E-state index contributed by atoms with van der Waals surface area (Å²) in [7, 11) is 0. The summed E-state index contributed by atoms with van der Waals surface area (Å²) in [6.07, 6.45) is 4.49. The van der Waals surface area contributed by atoms with Crippen molar-refractivity contribution in [1.29, 1.82) is 0 Å². The molecule has 6 aromatic rings. The van der Waals surface area contributed by atoms with Crippen LogP contribution in [0.3, 0.4) is 0 Å². The van der Waals surface area contributed by atoms with E-state index in [1.54, 1.807) is 0 Å². The van der Waals surface area contributed by atoms with Crippen molar-refractivity contribution in [2.75, 3.05) is 0 Å². The van der Waals surface area contributed by atoms with Gasteiger partial charge in [0.25, 0.3) is 0 Å². The SMILES string of the molecule is CCc1nc2c3cnncc3c3cc(-c4ccc5c(c4)OCc4nc(C(C)C)[nH]c4-5)ccc3c2[nH]1. The number of rotatable bonds is 3. The minimum absolute atomic E-state index is 0.343. The van der Waals surface area contributed by atoms with Gasteiger partial charge in [0.2, 0.25) is 0 Å². The Labute approximate surface area is 201 Å². The van der Waals surface area contributed by atoms with Crippen LogP contribution in [0.25, 0.3) is 55.0 Å². The van der Waals surface area contributed by atoms with Crippen LogP contribution >= 0.6 is 0 Å². The lowest BCUT2D eigenvalue weighted by atomic mass is 9.95. The predicted molar refractivity (Wildman–Crippen MR) is 138 cm³/mol. The van der Waals surface area contributed by atoms with Gasteiger partial charge in [-0.15, -0.1) is 0 Å². The molecule has 7 heteroatoms. The van der Waals surface area contributed by atoms with E-state index >= 15 is 0 Å². The molecule has 4 heterocycles. The van der Waals surface area contributed by atoms with Crippen molar-refractivity contribution < 1.29 is 4.74 Å². The molecule has 0 amide bonds. The number of aromatic nitrogens is 6. The molecule has 0 bridgehead atoms. The first kappa shape index (κ1) is 20.1. The van der Waals surface area contributed by atoms with E-state index < -0.39 is 0 Å². The highest BCUT2D eigenvalue weighted by Crippen LogP contribution is 2.41. The van der Waals surface area contributed by atoms with E-state index in [-0.39, 0.29) is 0 Å². The molecule has 0 radical (unpaired) electrons. The summed E-state index contributed by atoms with van der Waals surface area (Å²) in [5.41, 5.74) is 7.32. The lowest BCUT2D eigenvalue weighted by Gasteiger charge is -2.18. The Morgan fingerprint density at radius 1 is 0.886 bits per heavy atom. The number of aryl methyl sites for hydroxylation is 1. The molecule has 0 unspecified atom stereocenters. The van der Waals surface area contributed by atoms with Crippen LogP contribution in [0.1, 0.15) is 44.0 Å². The molecule has 3 aromatic carbocycles. The molecule has 0 saturated carbocycles. The van der Waals surface area contributed by atoms with E-state index in [1.165, 1.54) is 0 Å². The normalized spacial score (nSPS) is 12.9. The van der Waals surface area contributed by atoms with Crippen LogP contribution < -0.4 is 4.74 Å². The quantitative estimate of drug-likeness (QED) is 0.303. The lowest BCUT2D eigenvalue weighted by Crippen LogP contribution is -2.05. The number of nitrogens with zero attached hydrogens (tertiary/aromatic N) is 4. The second kappa shape index (κ2) is 7.37. The monoisotopic (exact) mass is 460 g/mol. The maximum atomic E-state index is 6.12. The van der Waals surface area contributed by atoms with Gasteiger partial charge < -0.3 is 14.7 Å².